The molecule has 0 fully saturated rings. The van der Waals surface area contributed by atoms with Crippen LogP contribution in [0.3, 0.4) is 0 Å². The lowest BCUT2D eigenvalue weighted by atomic mass is 10.2. The Bertz CT molecular complexity index is 571. The summed E-state index contributed by atoms with van der Waals surface area (Å²) in [5.41, 5.74) is 7.01. The number of nitrogen functional groups attached to an aromatic ring is 1. The van der Waals surface area contributed by atoms with Crippen molar-refractivity contribution in [3.05, 3.63) is 29.8 Å². The number of carbonyl (C=O) groups is 1. The van der Waals surface area contributed by atoms with Crippen LogP contribution in [0.2, 0.25) is 0 Å². The number of hydrogen-bond donors (Lipinski definition) is 1. The fourth-order valence-electron chi connectivity index (χ4n) is 1.79. The van der Waals surface area contributed by atoms with Crippen LogP contribution < -0.4 is 5.73 Å². The summed E-state index contributed by atoms with van der Waals surface area (Å²) in [4.78, 5) is 11.4. The molecule has 1 rings (SSSR count). The summed E-state index contributed by atoms with van der Waals surface area (Å²) < 4.78 is 30.4. The first kappa shape index (κ1) is 16.5. The van der Waals surface area contributed by atoms with E-state index >= 15 is 0 Å². The highest BCUT2D eigenvalue weighted by Gasteiger charge is 2.33. The van der Waals surface area contributed by atoms with E-state index in [1.165, 1.54) is 18.3 Å². The molecule has 6 nitrogen and oxygen atoms in total. The molecule has 0 aliphatic heterocycles. The number of hydrogen-bond acceptors (Lipinski definition) is 5. The monoisotopic (exact) mass is 300 g/mol. The molecule has 2 N–H and O–H groups in total. The smallest absolute Gasteiger partial charge is 0.325 e. The van der Waals surface area contributed by atoms with Crippen LogP contribution in [-0.2, 0) is 26.1 Å². The first-order valence-electron chi connectivity index (χ1n) is 6.24. The molecule has 0 heterocycles. The third-order valence-corrected chi connectivity index (χ3v) is 5.20. The van der Waals surface area contributed by atoms with E-state index in [-0.39, 0.29) is 13.1 Å². The largest absolute Gasteiger partial charge is 0.468 e. The van der Waals surface area contributed by atoms with Crippen LogP contribution in [-0.4, -0.2) is 37.6 Å². The molecule has 1 atom stereocenters. The second-order valence-electron chi connectivity index (χ2n) is 4.38. The molecular formula is C13H20N2O4S. The molecule has 0 saturated carbocycles. The van der Waals surface area contributed by atoms with E-state index in [1.807, 2.05) is 0 Å². The Kier molecular flexibility index (Phi) is 5.52. The number of nitrogens with zero attached hydrogens (tertiary/aromatic N) is 1. The standard InChI is InChI=1S/C13H20N2O4S/c1-4-15(9-11-6-5-7-12(14)8-11)20(17,18)10(2)13(16)19-3/h5-8,10H,4,9,14H2,1-3H3. The zero-order valence-electron chi connectivity index (χ0n) is 11.9. The number of carbonyl (C=O) groups excluding carboxylic acids is 1. The number of nitrogens with two attached hydrogens (primary N) is 1. The normalized spacial score (nSPS) is 13.2. The predicted molar refractivity (Wildman–Crippen MR) is 77.3 cm³/mol. The van der Waals surface area contributed by atoms with Crippen molar-refractivity contribution in [1.82, 2.24) is 4.31 Å². The molecule has 1 aromatic carbocycles. The summed E-state index contributed by atoms with van der Waals surface area (Å²) in [6, 6.07) is 6.98. The number of benzene rings is 1. The van der Waals surface area contributed by atoms with Gasteiger partial charge in [0.15, 0.2) is 5.25 Å². The second-order valence-corrected chi connectivity index (χ2v) is 6.63. The number of esters is 1. The van der Waals surface area contributed by atoms with Crippen molar-refractivity contribution in [1.29, 1.82) is 0 Å². The summed E-state index contributed by atoms with van der Waals surface area (Å²) in [5.74, 6) is -0.768. The summed E-state index contributed by atoms with van der Waals surface area (Å²) in [5, 5.41) is -1.23. The summed E-state index contributed by atoms with van der Waals surface area (Å²) in [7, 11) is -2.59. The first-order valence-corrected chi connectivity index (χ1v) is 7.74. The van der Waals surface area contributed by atoms with Crippen molar-refractivity contribution in [2.45, 2.75) is 25.6 Å². The molecule has 1 aromatic rings. The van der Waals surface area contributed by atoms with Gasteiger partial charge >= 0.3 is 5.97 Å². The van der Waals surface area contributed by atoms with Crippen molar-refractivity contribution >= 4 is 21.7 Å². The maximum Gasteiger partial charge on any atom is 0.325 e. The average molecular weight is 300 g/mol. The quantitative estimate of drug-likeness (QED) is 0.625. The van der Waals surface area contributed by atoms with E-state index in [1.54, 1.807) is 31.2 Å². The van der Waals surface area contributed by atoms with Crippen LogP contribution in [0, 0.1) is 0 Å². The fraction of sp³-hybridized carbons (Fsp3) is 0.462. The van der Waals surface area contributed by atoms with Gasteiger partial charge in [-0.15, -0.1) is 0 Å². The molecule has 0 spiro atoms. The molecule has 7 heteroatoms. The lowest BCUT2D eigenvalue weighted by molar-refractivity contribution is -0.139. The molecule has 0 amide bonds. The Balaban J connectivity index is 2.98. The minimum absolute atomic E-state index is 0.172. The van der Waals surface area contributed by atoms with Gasteiger partial charge in [0.1, 0.15) is 0 Å². The van der Waals surface area contributed by atoms with Crippen LogP contribution in [0.15, 0.2) is 24.3 Å². The summed E-state index contributed by atoms with van der Waals surface area (Å²) in [6.45, 7) is 3.47. The summed E-state index contributed by atoms with van der Waals surface area (Å²) >= 11 is 0. The third-order valence-electron chi connectivity index (χ3n) is 3.00. The van der Waals surface area contributed by atoms with Gasteiger partial charge in [0, 0.05) is 18.8 Å². The van der Waals surface area contributed by atoms with Gasteiger partial charge in [-0.3, -0.25) is 4.79 Å². The number of anilines is 1. The number of ether oxygens (including phenoxy) is 1. The Morgan fingerprint density at radius 2 is 2.10 bits per heavy atom. The van der Waals surface area contributed by atoms with Crippen LogP contribution in [0.25, 0.3) is 0 Å². The Morgan fingerprint density at radius 3 is 2.60 bits per heavy atom. The highest BCUT2D eigenvalue weighted by molar-refractivity contribution is 7.90. The van der Waals surface area contributed by atoms with Gasteiger partial charge in [-0.05, 0) is 24.6 Å². The fourth-order valence-corrected chi connectivity index (χ4v) is 3.26. The molecule has 112 valence electrons. The lowest BCUT2D eigenvalue weighted by Gasteiger charge is -2.23. The zero-order chi connectivity index (χ0) is 15.3. The first-order chi connectivity index (χ1) is 9.32. The molecule has 0 bridgehead atoms. The molecule has 0 aromatic heterocycles. The molecule has 0 aliphatic carbocycles. The zero-order valence-corrected chi connectivity index (χ0v) is 12.7. The van der Waals surface area contributed by atoms with Gasteiger partial charge in [0.05, 0.1) is 7.11 Å². The van der Waals surface area contributed by atoms with Crippen molar-refractivity contribution in [3.63, 3.8) is 0 Å². The second kappa shape index (κ2) is 6.71. The van der Waals surface area contributed by atoms with E-state index in [9.17, 15) is 13.2 Å². The lowest BCUT2D eigenvalue weighted by Crippen LogP contribution is -2.41. The Labute approximate surface area is 119 Å². The predicted octanol–water partition coefficient (Wildman–Crippen LogP) is 0.982. The SMILES string of the molecule is CCN(Cc1cccc(N)c1)S(=O)(=O)C(C)C(=O)OC. The van der Waals surface area contributed by atoms with Gasteiger partial charge in [-0.1, -0.05) is 19.1 Å². The van der Waals surface area contributed by atoms with E-state index in [4.69, 9.17) is 5.73 Å². The number of rotatable bonds is 6. The number of methoxy groups -OCH3 is 1. The van der Waals surface area contributed by atoms with Crippen LogP contribution in [0.5, 0.6) is 0 Å². The highest BCUT2D eigenvalue weighted by Crippen LogP contribution is 2.16. The van der Waals surface area contributed by atoms with Gasteiger partial charge < -0.3 is 10.5 Å². The van der Waals surface area contributed by atoms with E-state index < -0.39 is 21.2 Å². The Hall–Kier alpha value is -1.60. The van der Waals surface area contributed by atoms with Crippen molar-refractivity contribution in [2.24, 2.45) is 0 Å². The molecule has 1 unspecified atom stereocenters. The van der Waals surface area contributed by atoms with Crippen LogP contribution in [0.4, 0.5) is 5.69 Å². The maximum absolute atomic E-state index is 12.3. The van der Waals surface area contributed by atoms with Crippen molar-refractivity contribution in [2.75, 3.05) is 19.4 Å². The van der Waals surface area contributed by atoms with Crippen molar-refractivity contribution in [3.8, 4) is 0 Å². The minimum atomic E-state index is -3.76. The highest BCUT2D eigenvalue weighted by atomic mass is 32.2. The van der Waals surface area contributed by atoms with Gasteiger partial charge in [0.25, 0.3) is 0 Å². The van der Waals surface area contributed by atoms with Gasteiger partial charge in [-0.2, -0.15) is 4.31 Å². The van der Waals surface area contributed by atoms with Crippen LogP contribution in [0.1, 0.15) is 19.4 Å². The van der Waals surface area contributed by atoms with Crippen molar-refractivity contribution < 1.29 is 17.9 Å². The topological polar surface area (TPSA) is 89.7 Å². The molecule has 0 saturated heterocycles. The van der Waals surface area contributed by atoms with Gasteiger partial charge in [0.2, 0.25) is 10.0 Å². The van der Waals surface area contributed by atoms with E-state index in [0.29, 0.717) is 5.69 Å². The average Bonchev–Trinajstić information content (AvgIpc) is 2.42. The van der Waals surface area contributed by atoms with E-state index in [2.05, 4.69) is 4.74 Å². The molecular weight excluding hydrogens is 280 g/mol. The molecule has 0 radical (unpaired) electrons. The Morgan fingerprint density at radius 1 is 1.45 bits per heavy atom. The van der Waals surface area contributed by atoms with E-state index in [0.717, 1.165) is 5.56 Å². The third kappa shape index (κ3) is 3.71. The molecule has 0 aliphatic rings. The molecule has 20 heavy (non-hydrogen) atoms. The van der Waals surface area contributed by atoms with Crippen LogP contribution >= 0.6 is 0 Å². The summed E-state index contributed by atoms with van der Waals surface area (Å²) in [6.07, 6.45) is 0. The van der Waals surface area contributed by atoms with Gasteiger partial charge in [-0.25, -0.2) is 8.42 Å². The maximum atomic E-state index is 12.3. The minimum Gasteiger partial charge on any atom is -0.468 e. The number of sulfonamides is 1.